The number of carbonyl (C=O) groups is 3. The molecule has 1 heterocycles. The van der Waals surface area contributed by atoms with Gasteiger partial charge in [-0.3, -0.25) is 14.4 Å². The van der Waals surface area contributed by atoms with Crippen LogP contribution in [0, 0.1) is 5.41 Å². The second-order valence-electron chi connectivity index (χ2n) is 5.58. The van der Waals surface area contributed by atoms with Crippen LogP contribution >= 0.6 is 0 Å². The number of amides is 2. The highest BCUT2D eigenvalue weighted by atomic mass is 16.4. The van der Waals surface area contributed by atoms with E-state index in [1.165, 1.54) is 13.8 Å². The summed E-state index contributed by atoms with van der Waals surface area (Å²) in [5.41, 5.74) is -1.11. The Balaban J connectivity index is 2.33. The molecule has 0 aromatic heterocycles. The molecular formula is C13H22N2O4. The third kappa shape index (κ3) is 4.89. The van der Waals surface area contributed by atoms with Crippen molar-refractivity contribution in [2.75, 3.05) is 19.6 Å². The minimum atomic E-state index is -1.11. The molecular weight excluding hydrogens is 248 g/mol. The van der Waals surface area contributed by atoms with E-state index in [0.29, 0.717) is 0 Å². The minimum absolute atomic E-state index is 0.0471. The van der Waals surface area contributed by atoms with Crippen LogP contribution in [0.2, 0.25) is 0 Å². The third-order valence-corrected chi connectivity index (χ3v) is 3.33. The smallest absolute Gasteiger partial charge is 0.309 e. The molecule has 108 valence electrons. The van der Waals surface area contributed by atoms with Crippen LogP contribution < -0.4 is 5.32 Å². The zero-order valence-corrected chi connectivity index (χ0v) is 11.6. The van der Waals surface area contributed by atoms with E-state index in [9.17, 15) is 14.4 Å². The second-order valence-corrected chi connectivity index (χ2v) is 5.58. The lowest BCUT2D eigenvalue weighted by Gasteiger charge is -2.27. The van der Waals surface area contributed by atoms with Crippen LogP contribution in [-0.2, 0) is 14.4 Å². The minimum Gasteiger partial charge on any atom is -0.481 e. The van der Waals surface area contributed by atoms with Gasteiger partial charge in [0, 0.05) is 19.5 Å². The maximum absolute atomic E-state index is 11.8. The molecule has 1 fully saturated rings. The molecule has 0 aromatic carbocycles. The molecule has 1 aliphatic heterocycles. The molecule has 6 nitrogen and oxygen atoms in total. The van der Waals surface area contributed by atoms with Crippen molar-refractivity contribution in [3.63, 3.8) is 0 Å². The van der Waals surface area contributed by atoms with Crippen molar-refractivity contribution in [1.29, 1.82) is 0 Å². The summed E-state index contributed by atoms with van der Waals surface area (Å²) in [6.07, 6.45) is 3.02. The van der Waals surface area contributed by atoms with Crippen molar-refractivity contribution in [2.24, 2.45) is 5.41 Å². The molecule has 0 unspecified atom stereocenters. The first-order valence-electron chi connectivity index (χ1n) is 6.61. The number of piperidine rings is 1. The third-order valence-electron chi connectivity index (χ3n) is 3.33. The quantitative estimate of drug-likeness (QED) is 0.766. The van der Waals surface area contributed by atoms with Crippen LogP contribution in [-0.4, -0.2) is 47.4 Å². The highest BCUT2D eigenvalue weighted by Gasteiger charge is 2.30. The maximum Gasteiger partial charge on any atom is 0.309 e. The zero-order valence-electron chi connectivity index (χ0n) is 11.6. The fraction of sp³-hybridized carbons (Fsp3) is 0.769. The van der Waals surface area contributed by atoms with E-state index in [1.807, 2.05) is 0 Å². The van der Waals surface area contributed by atoms with E-state index in [0.717, 1.165) is 32.4 Å². The summed E-state index contributed by atoms with van der Waals surface area (Å²) in [6, 6.07) is 0. The van der Waals surface area contributed by atoms with Crippen molar-refractivity contribution in [1.82, 2.24) is 10.2 Å². The number of likely N-dealkylation sites (tertiary alicyclic amines) is 1. The van der Waals surface area contributed by atoms with E-state index in [2.05, 4.69) is 5.32 Å². The predicted molar refractivity (Wildman–Crippen MR) is 69.5 cm³/mol. The van der Waals surface area contributed by atoms with Crippen molar-refractivity contribution < 1.29 is 19.5 Å². The number of carbonyl (C=O) groups excluding carboxylic acids is 2. The molecule has 1 aliphatic rings. The zero-order chi connectivity index (χ0) is 14.5. The molecule has 0 radical (unpaired) electrons. The van der Waals surface area contributed by atoms with Crippen molar-refractivity contribution in [3.8, 4) is 0 Å². The summed E-state index contributed by atoms with van der Waals surface area (Å²) in [5.74, 6) is -1.52. The van der Waals surface area contributed by atoms with Gasteiger partial charge in [-0.15, -0.1) is 0 Å². The van der Waals surface area contributed by atoms with Crippen molar-refractivity contribution in [2.45, 2.75) is 39.5 Å². The molecule has 2 N–H and O–H groups in total. The summed E-state index contributed by atoms with van der Waals surface area (Å²) in [4.78, 5) is 36.0. The summed E-state index contributed by atoms with van der Waals surface area (Å²) >= 11 is 0. The van der Waals surface area contributed by atoms with Gasteiger partial charge in [0.2, 0.25) is 11.8 Å². The topological polar surface area (TPSA) is 86.7 Å². The predicted octanol–water partition coefficient (Wildman–Crippen LogP) is 0.616. The average molecular weight is 270 g/mol. The number of nitrogens with one attached hydrogen (secondary N) is 1. The van der Waals surface area contributed by atoms with Gasteiger partial charge >= 0.3 is 5.97 Å². The Morgan fingerprint density at radius 1 is 1.16 bits per heavy atom. The van der Waals surface area contributed by atoms with Crippen LogP contribution in [0.1, 0.15) is 39.5 Å². The van der Waals surface area contributed by atoms with Crippen LogP contribution in [0.4, 0.5) is 0 Å². The van der Waals surface area contributed by atoms with Crippen LogP contribution in [0.15, 0.2) is 0 Å². The Morgan fingerprint density at radius 2 is 1.74 bits per heavy atom. The van der Waals surface area contributed by atoms with Gasteiger partial charge in [0.15, 0.2) is 0 Å². The monoisotopic (exact) mass is 270 g/mol. The first-order valence-corrected chi connectivity index (χ1v) is 6.61. The van der Waals surface area contributed by atoms with Gasteiger partial charge in [-0.05, 0) is 33.1 Å². The summed E-state index contributed by atoms with van der Waals surface area (Å²) < 4.78 is 0. The SMILES string of the molecule is CC(C)(CC(=O)NCC(=O)N1CCCCC1)C(=O)O. The molecule has 0 aliphatic carbocycles. The molecule has 0 spiro atoms. The first kappa shape index (κ1) is 15.5. The molecule has 0 atom stereocenters. The molecule has 1 saturated heterocycles. The average Bonchev–Trinajstić information content (AvgIpc) is 2.36. The standard InChI is InChI=1S/C13H22N2O4/c1-13(2,12(18)19)8-10(16)14-9-11(17)15-6-4-3-5-7-15/h3-9H2,1-2H3,(H,14,16)(H,18,19). The highest BCUT2D eigenvalue weighted by Crippen LogP contribution is 2.19. The Labute approximate surface area is 113 Å². The number of carboxylic acids is 1. The number of rotatable bonds is 5. The van der Waals surface area contributed by atoms with Crippen molar-refractivity contribution in [3.05, 3.63) is 0 Å². The molecule has 6 heteroatoms. The van der Waals surface area contributed by atoms with E-state index in [4.69, 9.17) is 5.11 Å². The molecule has 19 heavy (non-hydrogen) atoms. The Hall–Kier alpha value is -1.59. The van der Waals surface area contributed by atoms with Gasteiger partial charge in [0.25, 0.3) is 0 Å². The summed E-state index contributed by atoms with van der Waals surface area (Å²) in [7, 11) is 0. The van der Waals surface area contributed by atoms with E-state index in [-0.39, 0.29) is 18.9 Å². The Kier molecular flexibility index (Phi) is 5.32. The number of aliphatic carboxylic acids is 1. The van der Waals surface area contributed by atoms with Crippen LogP contribution in [0.5, 0.6) is 0 Å². The lowest BCUT2D eigenvalue weighted by molar-refractivity contribution is -0.149. The van der Waals surface area contributed by atoms with Gasteiger partial charge in [0.05, 0.1) is 12.0 Å². The molecule has 0 aromatic rings. The molecule has 0 bridgehead atoms. The number of nitrogens with zero attached hydrogens (tertiary/aromatic N) is 1. The highest BCUT2D eigenvalue weighted by molar-refractivity contribution is 5.88. The Bertz CT molecular complexity index is 360. The first-order chi connectivity index (χ1) is 8.83. The van der Waals surface area contributed by atoms with Gasteiger partial charge in [-0.2, -0.15) is 0 Å². The van der Waals surface area contributed by atoms with E-state index < -0.39 is 17.3 Å². The Morgan fingerprint density at radius 3 is 2.26 bits per heavy atom. The van der Waals surface area contributed by atoms with Gasteiger partial charge in [-0.25, -0.2) is 0 Å². The van der Waals surface area contributed by atoms with Crippen LogP contribution in [0.25, 0.3) is 0 Å². The van der Waals surface area contributed by atoms with Crippen molar-refractivity contribution >= 4 is 17.8 Å². The van der Waals surface area contributed by atoms with E-state index >= 15 is 0 Å². The second kappa shape index (κ2) is 6.54. The molecule has 1 rings (SSSR count). The lowest BCUT2D eigenvalue weighted by Crippen LogP contribution is -2.43. The lowest BCUT2D eigenvalue weighted by atomic mass is 9.89. The normalized spacial score (nSPS) is 16.0. The van der Waals surface area contributed by atoms with Gasteiger partial charge in [-0.1, -0.05) is 0 Å². The molecule has 0 saturated carbocycles. The number of hydrogen-bond donors (Lipinski definition) is 2. The summed E-state index contributed by atoms with van der Waals surface area (Å²) in [6.45, 7) is 4.42. The fourth-order valence-corrected chi connectivity index (χ4v) is 1.97. The number of hydrogen-bond acceptors (Lipinski definition) is 3. The van der Waals surface area contributed by atoms with Gasteiger partial charge in [0.1, 0.15) is 0 Å². The summed E-state index contributed by atoms with van der Waals surface area (Å²) in [5, 5.41) is 11.4. The maximum atomic E-state index is 11.8. The van der Waals surface area contributed by atoms with Crippen LogP contribution in [0.3, 0.4) is 0 Å². The largest absolute Gasteiger partial charge is 0.481 e. The number of carboxylic acid groups (broad SMARTS) is 1. The fourth-order valence-electron chi connectivity index (χ4n) is 1.97. The van der Waals surface area contributed by atoms with E-state index in [1.54, 1.807) is 4.90 Å². The van der Waals surface area contributed by atoms with Gasteiger partial charge < -0.3 is 15.3 Å². The molecule has 2 amide bonds.